The average molecular weight is 431 g/mol. The maximum atomic E-state index is 13.4. The number of nitrogens with one attached hydrogen (secondary N) is 1. The summed E-state index contributed by atoms with van der Waals surface area (Å²) in [5.41, 5.74) is -0.0757. The van der Waals surface area contributed by atoms with E-state index in [1.807, 2.05) is 20.8 Å². The lowest BCUT2D eigenvalue weighted by atomic mass is 9.95. The first-order valence-electron chi connectivity index (χ1n) is 9.67. The number of methoxy groups -OCH3 is 1. The molecule has 2 rings (SSSR count). The summed E-state index contributed by atoms with van der Waals surface area (Å²) >= 11 is 6.14. The van der Waals surface area contributed by atoms with Crippen LogP contribution in [0.25, 0.3) is 0 Å². The lowest BCUT2D eigenvalue weighted by molar-refractivity contribution is -0.122. The molecule has 1 aromatic carbocycles. The van der Waals surface area contributed by atoms with Gasteiger partial charge in [-0.3, -0.25) is 4.79 Å². The molecular formula is C20H31ClN2O4S. The Morgan fingerprint density at radius 3 is 2.43 bits per heavy atom. The third kappa shape index (κ3) is 6.09. The molecule has 0 radical (unpaired) electrons. The number of rotatable bonds is 7. The van der Waals surface area contributed by atoms with Crippen LogP contribution in [0.4, 0.5) is 0 Å². The fourth-order valence-corrected chi connectivity index (χ4v) is 5.27. The van der Waals surface area contributed by atoms with Gasteiger partial charge >= 0.3 is 0 Å². The molecule has 8 heteroatoms. The molecule has 1 aromatic rings. The Labute approximate surface area is 173 Å². The van der Waals surface area contributed by atoms with Gasteiger partial charge in [0.15, 0.2) is 0 Å². The third-order valence-corrected chi connectivity index (χ3v) is 7.02. The monoisotopic (exact) mass is 430 g/mol. The molecule has 0 heterocycles. The summed E-state index contributed by atoms with van der Waals surface area (Å²) in [7, 11) is -2.39. The van der Waals surface area contributed by atoms with Gasteiger partial charge in [0.05, 0.1) is 23.6 Å². The summed E-state index contributed by atoms with van der Waals surface area (Å²) in [4.78, 5) is 12.6. The number of nitrogens with zero attached hydrogens (tertiary/aromatic N) is 1. The van der Waals surface area contributed by atoms with Crippen LogP contribution < -0.4 is 10.1 Å². The predicted molar refractivity (Wildman–Crippen MR) is 111 cm³/mol. The zero-order chi connectivity index (χ0) is 20.9. The molecule has 6 nitrogen and oxygen atoms in total. The largest absolute Gasteiger partial charge is 0.495 e. The summed E-state index contributed by atoms with van der Waals surface area (Å²) in [6.07, 6.45) is 4.54. The van der Waals surface area contributed by atoms with Gasteiger partial charge in [-0.25, -0.2) is 8.42 Å². The zero-order valence-electron chi connectivity index (χ0n) is 17.1. The van der Waals surface area contributed by atoms with E-state index in [-0.39, 0.29) is 33.8 Å². The summed E-state index contributed by atoms with van der Waals surface area (Å²) in [5.74, 6) is 0.122. The van der Waals surface area contributed by atoms with Crippen molar-refractivity contribution in [1.29, 1.82) is 0 Å². The number of sulfonamides is 1. The smallest absolute Gasteiger partial charge is 0.243 e. The lowest BCUT2D eigenvalue weighted by Crippen LogP contribution is -2.48. The van der Waals surface area contributed by atoms with Gasteiger partial charge in [-0.15, -0.1) is 0 Å². The fourth-order valence-electron chi connectivity index (χ4n) is 3.28. The maximum Gasteiger partial charge on any atom is 0.243 e. The van der Waals surface area contributed by atoms with Gasteiger partial charge in [0, 0.05) is 12.6 Å². The van der Waals surface area contributed by atoms with Gasteiger partial charge in [-0.05, 0) is 36.5 Å². The van der Waals surface area contributed by atoms with Crippen LogP contribution in [0.2, 0.25) is 5.02 Å². The Bertz CT molecular complexity index is 784. The van der Waals surface area contributed by atoms with E-state index in [1.165, 1.54) is 29.6 Å². The zero-order valence-corrected chi connectivity index (χ0v) is 18.7. The number of amides is 1. The van der Waals surface area contributed by atoms with Gasteiger partial charge in [0.25, 0.3) is 0 Å². The van der Waals surface area contributed by atoms with Crippen LogP contribution in [-0.2, 0) is 14.8 Å². The van der Waals surface area contributed by atoms with Crippen molar-refractivity contribution in [3.05, 3.63) is 23.2 Å². The first kappa shape index (κ1) is 23.0. The molecule has 28 heavy (non-hydrogen) atoms. The predicted octanol–water partition coefficient (Wildman–Crippen LogP) is 3.83. The van der Waals surface area contributed by atoms with Gasteiger partial charge in [-0.1, -0.05) is 51.6 Å². The van der Waals surface area contributed by atoms with Crippen LogP contribution in [0, 0.1) is 5.41 Å². The van der Waals surface area contributed by atoms with Crippen molar-refractivity contribution in [1.82, 2.24) is 9.62 Å². The molecule has 1 fully saturated rings. The second-order valence-corrected chi connectivity index (χ2v) is 10.8. The maximum absolute atomic E-state index is 13.4. The van der Waals surface area contributed by atoms with E-state index < -0.39 is 10.0 Å². The van der Waals surface area contributed by atoms with Crippen molar-refractivity contribution >= 4 is 27.5 Å². The van der Waals surface area contributed by atoms with Crippen LogP contribution in [0.5, 0.6) is 5.75 Å². The SMILES string of the molecule is COc1ccc(S(=O)(=O)N(CC(=O)NCC(C)(C)C)C2CCCCC2)cc1Cl. The van der Waals surface area contributed by atoms with Crippen molar-refractivity contribution in [2.75, 3.05) is 20.2 Å². The first-order valence-corrected chi connectivity index (χ1v) is 11.5. The molecule has 0 unspecified atom stereocenters. The van der Waals surface area contributed by atoms with Crippen LogP contribution >= 0.6 is 11.6 Å². The second-order valence-electron chi connectivity index (χ2n) is 8.48. The van der Waals surface area contributed by atoms with Crippen LogP contribution in [-0.4, -0.2) is 44.9 Å². The molecule has 1 N–H and O–H groups in total. The second kappa shape index (κ2) is 9.46. The highest BCUT2D eigenvalue weighted by Gasteiger charge is 2.34. The summed E-state index contributed by atoms with van der Waals surface area (Å²) in [6, 6.07) is 4.22. The van der Waals surface area contributed by atoms with E-state index in [9.17, 15) is 13.2 Å². The van der Waals surface area contributed by atoms with Gasteiger partial charge in [0.2, 0.25) is 15.9 Å². The number of ether oxygens (including phenoxy) is 1. The quantitative estimate of drug-likeness (QED) is 0.713. The Hall–Kier alpha value is -1.31. The Balaban J connectivity index is 2.29. The topological polar surface area (TPSA) is 75.7 Å². The van der Waals surface area contributed by atoms with Crippen molar-refractivity contribution in [2.45, 2.75) is 63.8 Å². The fraction of sp³-hybridized carbons (Fsp3) is 0.650. The average Bonchev–Trinajstić information content (AvgIpc) is 2.64. The molecule has 0 saturated heterocycles. The summed E-state index contributed by atoms with van der Waals surface area (Å²) in [5, 5.41) is 3.08. The highest BCUT2D eigenvalue weighted by atomic mass is 35.5. The van der Waals surface area contributed by atoms with Crippen molar-refractivity contribution in [3.63, 3.8) is 0 Å². The van der Waals surface area contributed by atoms with E-state index in [1.54, 1.807) is 0 Å². The Morgan fingerprint density at radius 2 is 1.89 bits per heavy atom. The van der Waals surface area contributed by atoms with Gasteiger partial charge in [-0.2, -0.15) is 4.31 Å². The molecule has 0 spiro atoms. The Kier molecular flexibility index (Phi) is 7.76. The molecule has 1 amide bonds. The molecule has 1 aliphatic rings. The molecule has 158 valence electrons. The number of carbonyl (C=O) groups excluding carboxylic acids is 1. The molecule has 0 atom stereocenters. The number of halogens is 1. The minimum Gasteiger partial charge on any atom is -0.495 e. The van der Waals surface area contributed by atoms with E-state index in [0.29, 0.717) is 12.3 Å². The molecule has 0 aliphatic heterocycles. The van der Waals surface area contributed by atoms with Crippen LogP contribution in [0.3, 0.4) is 0 Å². The van der Waals surface area contributed by atoms with Crippen LogP contribution in [0.1, 0.15) is 52.9 Å². The van der Waals surface area contributed by atoms with Crippen molar-refractivity contribution in [2.24, 2.45) is 5.41 Å². The van der Waals surface area contributed by atoms with Gasteiger partial charge < -0.3 is 10.1 Å². The summed E-state index contributed by atoms with van der Waals surface area (Å²) in [6.45, 7) is 6.35. The van der Waals surface area contributed by atoms with Crippen molar-refractivity contribution in [3.8, 4) is 5.75 Å². The number of carbonyl (C=O) groups is 1. The van der Waals surface area contributed by atoms with E-state index in [2.05, 4.69) is 5.32 Å². The number of hydrogen-bond acceptors (Lipinski definition) is 4. The minimum atomic E-state index is -3.86. The van der Waals surface area contributed by atoms with E-state index in [0.717, 1.165) is 32.1 Å². The summed E-state index contributed by atoms with van der Waals surface area (Å²) < 4.78 is 33.2. The molecule has 1 aliphatic carbocycles. The highest BCUT2D eigenvalue weighted by molar-refractivity contribution is 7.89. The Morgan fingerprint density at radius 1 is 1.25 bits per heavy atom. The minimum absolute atomic E-state index is 0.0757. The van der Waals surface area contributed by atoms with E-state index >= 15 is 0 Å². The molecule has 0 aromatic heterocycles. The standard InChI is InChI=1S/C20H31ClN2O4S/c1-20(2,3)14-22-19(24)13-23(15-8-6-5-7-9-15)28(25,26)16-10-11-18(27-4)17(21)12-16/h10-12,15H,5-9,13-14H2,1-4H3,(H,22,24). The molecule has 0 bridgehead atoms. The normalized spacial score (nSPS) is 16.2. The first-order chi connectivity index (χ1) is 13.0. The van der Waals surface area contributed by atoms with Crippen LogP contribution in [0.15, 0.2) is 23.1 Å². The highest BCUT2D eigenvalue weighted by Crippen LogP contribution is 2.31. The molecule has 1 saturated carbocycles. The third-order valence-electron chi connectivity index (χ3n) is 4.83. The van der Waals surface area contributed by atoms with Gasteiger partial charge in [0.1, 0.15) is 5.75 Å². The lowest BCUT2D eigenvalue weighted by Gasteiger charge is -2.33. The van der Waals surface area contributed by atoms with Crippen molar-refractivity contribution < 1.29 is 17.9 Å². The number of benzene rings is 1. The van der Waals surface area contributed by atoms with E-state index in [4.69, 9.17) is 16.3 Å². The number of hydrogen-bond donors (Lipinski definition) is 1. The molecular weight excluding hydrogens is 400 g/mol.